The molecule has 1 heterocycles. The Morgan fingerprint density at radius 1 is 0.919 bits per heavy atom. The molecule has 1 unspecified atom stereocenters. The van der Waals surface area contributed by atoms with Crippen LogP contribution in [0.1, 0.15) is 58.3 Å². The Morgan fingerprint density at radius 3 is 2.14 bits per heavy atom. The topological polar surface area (TPSA) is 94.1 Å². The summed E-state index contributed by atoms with van der Waals surface area (Å²) in [7, 11) is -4.82. The van der Waals surface area contributed by atoms with Crippen LogP contribution in [0.4, 0.5) is 11.4 Å². The van der Waals surface area contributed by atoms with E-state index in [2.05, 4.69) is 6.92 Å². The number of ether oxygens (including phenoxy) is 1. The molecule has 0 radical (unpaired) electrons. The summed E-state index contributed by atoms with van der Waals surface area (Å²) in [6.07, 6.45) is 7.54. The number of benzene rings is 2. The van der Waals surface area contributed by atoms with Gasteiger partial charge in [0.15, 0.2) is 0 Å². The number of hydrogen-bond donors (Lipinski definition) is 0. The lowest BCUT2D eigenvalue weighted by molar-refractivity contribution is -1.92. The molecule has 1 atom stereocenters. The highest BCUT2D eigenvalue weighted by molar-refractivity contribution is 6.39. The Kier molecular flexibility index (Phi) is 9.65. The fraction of sp³-hybridized carbons (Fsp3) is 0.556. The fourth-order valence-electron chi connectivity index (χ4n) is 5.61. The van der Waals surface area contributed by atoms with Crippen molar-refractivity contribution in [3.63, 3.8) is 0 Å². The molecule has 1 saturated heterocycles. The first-order valence-electron chi connectivity index (χ1n) is 12.9. The van der Waals surface area contributed by atoms with Gasteiger partial charge in [-0.15, -0.1) is 0 Å². The monoisotopic (exact) mass is 572 g/mol. The first-order chi connectivity index (χ1) is 17.6. The van der Waals surface area contributed by atoms with E-state index in [1.165, 1.54) is 19.3 Å². The molecule has 0 spiro atoms. The molecular formula is C27H35Cl3N2O5. The maximum Gasteiger partial charge on any atom is 0.362 e. The minimum Gasteiger partial charge on any atom is -0.381 e. The molecule has 2 fully saturated rings. The van der Waals surface area contributed by atoms with Crippen LogP contribution in [-0.2, 0) is 9.03 Å². The highest BCUT2D eigenvalue weighted by Gasteiger charge is 2.58. The number of rotatable bonds is 11. The zero-order valence-corrected chi connectivity index (χ0v) is 23.4. The summed E-state index contributed by atoms with van der Waals surface area (Å²) in [5, 5.41) is 0.609. The molecule has 0 amide bonds. The largest absolute Gasteiger partial charge is 0.381 e. The average Bonchev–Trinajstić information content (AvgIpc) is 3.40. The van der Waals surface area contributed by atoms with E-state index in [0.29, 0.717) is 41.1 Å². The van der Waals surface area contributed by atoms with Crippen molar-refractivity contribution in [2.24, 2.45) is 5.41 Å². The van der Waals surface area contributed by atoms with Gasteiger partial charge in [-0.3, -0.25) is 4.90 Å². The number of anilines is 2. The lowest BCUT2D eigenvalue weighted by Crippen LogP contribution is -2.71. The molecule has 2 aliphatic rings. The van der Waals surface area contributed by atoms with Crippen molar-refractivity contribution in [3.8, 4) is 0 Å². The Bertz CT molecular complexity index is 991. The standard InChI is InChI=1S/C27H35Cl3N2O5/c1-26(15-6-3-7-16-26)21-36-20-17-27(37-30(33,34)35,31-18-8-9-19-31)32(22-11-4-2-5-12-22)25-23(28)13-10-14-24(25)29/h2,4-5,10-14H,3,6-9,15-21H2,1H3. The predicted octanol–water partition coefficient (Wildman–Crippen LogP) is 4.17. The van der Waals surface area contributed by atoms with Gasteiger partial charge in [-0.1, -0.05) is 73.7 Å². The van der Waals surface area contributed by atoms with E-state index in [-0.39, 0.29) is 18.4 Å². The van der Waals surface area contributed by atoms with Gasteiger partial charge in [-0.05, 0) is 55.4 Å². The number of para-hydroxylation sites is 2. The van der Waals surface area contributed by atoms with Gasteiger partial charge >= 0.3 is 5.85 Å². The smallest absolute Gasteiger partial charge is 0.362 e. The zero-order valence-electron chi connectivity index (χ0n) is 21.2. The van der Waals surface area contributed by atoms with Gasteiger partial charge < -0.3 is 4.74 Å². The summed E-state index contributed by atoms with van der Waals surface area (Å²) in [4.78, 5) is 3.53. The summed E-state index contributed by atoms with van der Waals surface area (Å²) in [6, 6.07) is 14.2. The molecule has 2 aromatic rings. The first-order valence-corrected chi connectivity index (χ1v) is 14.9. The van der Waals surface area contributed by atoms with E-state index < -0.39 is 16.1 Å². The number of likely N-dealkylation sites (tertiary alicyclic amines) is 1. The maximum absolute atomic E-state index is 12.3. The average molecular weight is 574 g/mol. The molecule has 0 aromatic heterocycles. The van der Waals surface area contributed by atoms with E-state index in [1.54, 1.807) is 23.1 Å². The summed E-state index contributed by atoms with van der Waals surface area (Å²) in [6.45, 7) is 4.05. The SMILES string of the molecule is CC1(COCCC(O[Cl+3]([O-])([O-])[O-])(N2CCCC2)N(c2ccccc2)c2c(Cl)cccc2Cl)CCCCC1. The molecule has 4 rings (SSSR count). The third kappa shape index (κ3) is 7.10. The molecule has 204 valence electrons. The predicted molar refractivity (Wildman–Crippen MR) is 136 cm³/mol. The second-order valence-corrected chi connectivity index (χ2v) is 12.0. The third-order valence-electron chi connectivity index (χ3n) is 7.43. The number of hydrogen-bond acceptors (Lipinski definition) is 7. The molecule has 1 aliphatic carbocycles. The Morgan fingerprint density at radius 2 is 1.54 bits per heavy atom. The normalized spacial score (nSPS) is 20.1. The molecule has 0 bridgehead atoms. The molecule has 37 heavy (non-hydrogen) atoms. The summed E-state index contributed by atoms with van der Waals surface area (Å²) in [5.74, 6) is -1.73. The van der Waals surface area contributed by atoms with Crippen LogP contribution < -0.4 is 18.9 Å². The van der Waals surface area contributed by atoms with Gasteiger partial charge in [0, 0.05) is 18.8 Å². The van der Waals surface area contributed by atoms with Crippen molar-refractivity contribution in [1.82, 2.24) is 4.90 Å². The van der Waals surface area contributed by atoms with Crippen molar-refractivity contribution < 1.29 is 33.2 Å². The quantitative estimate of drug-likeness (QED) is 0.294. The Labute approximate surface area is 231 Å². The van der Waals surface area contributed by atoms with Crippen LogP contribution in [0.5, 0.6) is 0 Å². The lowest BCUT2D eigenvalue weighted by atomic mass is 9.76. The van der Waals surface area contributed by atoms with Gasteiger partial charge in [0.2, 0.25) is 0 Å². The van der Waals surface area contributed by atoms with Gasteiger partial charge in [-0.25, -0.2) is 4.90 Å². The van der Waals surface area contributed by atoms with Crippen molar-refractivity contribution in [1.29, 1.82) is 0 Å². The first kappa shape index (κ1) is 28.9. The van der Waals surface area contributed by atoms with Crippen LogP contribution in [0, 0.1) is 15.7 Å². The van der Waals surface area contributed by atoms with Gasteiger partial charge in [-0.2, -0.15) is 14.0 Å². The minimum atomic E-state index is -4.82. The van der Waals surface area contributed by atoms with Crippen LogP contribution in [0.2, 0.25) is 10.0 Å². The maximum atomic E-state index is 12.3. The molecule has 1 aliphatic heterocycles. The molecule has 1 saturated carbocycles. The van der Waals surface area contributed by atoms with E-state index in [4.69, 9.17) is 32.2 Å². The second kappa shape index (κ2) is 12.4. The summed E-state index contributed by atoms with van der Waals surface area (Å²) in [5.41, 5.74) is 1.04. The summed E-state index contributed by atoms with van der Waals surface area (Å²) >= 11 is 13.4. The molecule has 2 aromatic carbocycles. The van der Waals surface area contributed by atoms with E-state index in [1.807, 2.05) is 35.2 Å². The Balaban J connectivity index is 1.77. The van der Waals surface area contributed by atoms with E-state index in [9.17, 15) is 14.0 Å². The highest BCUT2D eigenvalue weighted by atomic mass is 35.7. The van der Waals surface area contributed by atoms with E-state index in [0.717, 1.165) is 25.7 Å². The van der Waals surface area contributed by atoms with Crippen LogP contribution in [-0.4, -0.2) is 37.1 Å². The van der Waals surface area contributed by atoms with Crippen molar-refractivity contribution in [2.45, 2.75) is 64.1 Å². The van der Waals surface area contributed by atoms with Gasteiger partial charge in [0.1, 0.15) is 4.29 Å². The lowest BCUT2D eigenvalue weighted by Gasteiger charge is -2.45. The van der Waals surface area contributed by atoms with Crippen molar-refractivity contribution in [3.05, 3.63) is 58.6 Å². The fourth-order valence-corrected chi connectivity index (χ4v) is 6.72. The molecule has 0 N–H and O–H groups in total. The van der Waals surface area contributed by atoms with Crippen molar-refractivity contribution in [2.75, 3.05) is 31.2 Å². The van der Waals surface area contributed by atoms with Crippen LogP contribution in [0.15, 0.2) is 48.5 Å². The van der Waals surface area contributed by atoms with Gasteiger partial charge in [0.25, 0.3) is 0 Å². The number of nitrogens with zero attached hydrogens (tertiary/aromatic N) is 2. The highest BCUT2D eigenvalue weighted by Crippen LogP contribution is 2.47. The van der Waals surface area contributed by atoms with E-state index >= 15 is 0 Å². The third-order valence-corrected chi connectivity index (χ3v) is 8.47. The molecule has 10 heteroatoms. The number of halogens is 3. The van der Waals surface area contributed by atoms with Crippen LogP contribution in [0.3, 0.4) is 0 Å². The van der Waals surface area contributed by atoms with Crippen LogP contribution in [0.25, 0.3) is 0 Å². The van der Waals surface area contributed by atoms with Crippen LogP contribution >= 0.6 is 23.2 Å². The minimum absolute atomic E-state index is 0.0774. The van der Waals surface area contributed by atoms with Gasteiger partial charge in [0.05, 0.1) is 45.6 Å². The summed E-state index contributed by atoms with van der Waals surface area (Å²) < 4.78 is 48.7. The second-order valence-electron chi connectivity index (χ2n) is 10.3. The zero-order chi connectivity index (χ0) is 26.5. The molecular weight excluding hydrogens is 539 g/mol. The molecule has 7 nitrogen and oxygen atoms in total. The van der Waals surface area contributed by atoms with Crippen molar-refractivity contribution >= 4 is 34.6 Å². The Hall–Kier alpha value is -1.13.